The monoisotopic (exact) mass is 635 g/mol. The number of nitrogens with one attached hydrogen (secondary N) is 1. The highest BCUT2D eigenvalue weighted by atomic mass is 32.1. The lowest BCUT2D eigenvalue weighted by atomic mass is 9.95. The number of ether oxygens (including phenoxy) is 3. The molecule has 1 aliphatic carbocycles. The molecular weight excluding hydrogens is 605 g/mol. The molecule has 4 aromatic rings. The molecule has 1 saturated carbocycles. The van der Waals surface area contributed by atoms with E-state index >= 15 is 8.78 Å². The summed E-state index contributed by atoms with van der Waals surface area (Å²) in [6.45, 7) is 7.00. The first kappa shape index (κ1) is 30.9. The number of halogens is 5. The van der Waals surface area contributed by atoms with Gasteiger partial charge in [-0.3, -0.25) is 0 Å². The fourth-order valence-electron chi connectivity index (χ4n) is 4.68. The van der Waals surface area contributed by atoms with Crippen LogP contribution in [0.2, 0.25) is 25.7 Å². The Morgan fingerprint density at radius 2 is 1.74 bits per heavy atom. The summed E-state index contributed by atoms with van der Waals surface area (Å²) in [6.07, 6.45) is -2.09. The maximum Gasteiger partial charge on any atom is 0.398 e. The molecule has 0 saturated heterocycles. The van der Waals surface area contributed by atoms with Gasteiger partial charge < -0.3 is 24.1 Å². The maximum atomic E-state index is 15.2. The third-order valence-electron chi connectivity index (χ3n) is 7.16. The smallest absolute Gasteiger partial charge is 0.398 e. The molecule has 0 amide bonds. The molecule has 1 aliphatic rings. The quantitative estimate of drug-likeness (QED) is 0.0814. The summed E-state index contributed by atoms with van der Waals surface area (Å²) in [5, 5.41) is 2.50. The molecule has 1 fully saturated rings. The first-order chi connectivity index (χ1) is 20.3. The lowest BCUT2D eigenvalue weighted by Crippen LogP contribution is -2.28. The second kappa shape index (κ2) is 11.9. The van der Waals surface area contributed by atoms with Crippen molar-refractivity contribution in [3.63, 3.8) is 0 Å². The van der Waals surface area contributed by atoms with E-state index in [2.05, 4.69) is 29.9 Å². The van der Waals surface area contributed by atoms with Gasteiger partial charge in [0, 0.05) is 44.9 Å². The minimum absolute atomic E-state index is 0.0284. The second-order valence-electron chi connectivity index (χ2n) is 11.6. The van der Waals surface area contributed by atoms with Crippen LogP contribution in [0, 0.1) is 11.6 Å². The van der Waals surface area contributed by atoms with Crippen LogP contribution in [0.3, 0.4) is 0 Å². The Morgan fingerprint density at radius 1 is 1.07 bits per heavy atom. The van der Waals surface area contributed by atoms with E-state index in [0.29, 0.717) is 12.4 Å². The van der Waals surface area contributed by atoms with Crippen LogP contribution in [0.4, 0.5) is 27.6 Å². The summed E-state index contributed by atoms with van der Waals surface area (Å²) in [5.41, 5.74) is -2.04. The number of nitrogens with zero attached hydrogens (tertiary/aromatic N) is 2. The van der Waals surface area contributed by atoms with Gasteiger partial charge in [0.15, 0.2) is 17.4 Å². The van der Waals surface area contributed by atoms with Crippen molar-refractivity contribution < 1.29 is 36.2 Å². The van der Waals surface area contributed by atoms with E-state index in [1.54, 1.807) is 30.3 Å². The molecule has 0 aliphatic heterocycles. The number of thiocarbonyl (C=S) groups is 1. The number of fused-ring (bicyclic) bond motifs is 1. The highest BCUT2D eigenvalue weighted by Gasteiger charge is 2.65. The fourth-order valence-corrected chi connectivity index (χ4v) is 5.65. The molecule has 228 valence electrons. The van der Waals surface area contributed by atoms with Crippen LogP contribution in [0.25, 0.3) is 11.0 Å². The summed E-state index contributed by atoms with van der Waals surface area (Å²) in [7, 11) is -1.39. The number of hydrogen-bond donors (Lipinski definition) is 1. The van der Waals surface area contributed by atoms with Crippen molar-refractivity contribution >= 4 is 42.2 Å². The molecule has 0 radical (unpaired) electrons. The van der Waals surface area contributed by atoms with Gasteiger partial charge in [0.05, 0.1) is 10.8 Å². The Kier molecular flexibility index (Phi) is 8.51. The van der Waals surface area contributed by atoms with Gasteiger partial charge in [-0.2, -0.15) is 13.2 Å². The zero-order valence-electron chi connectivity index (χ0n) is 23.7. The summed E-state index contributed by atoms with van der Waals surface area (Å²) in [6, 6.07) is 12.7. The molecule has 0 spiro atoms. The van der Waals surface area contributed by atoms with Crippen molar-refractivity contribution in [1.29, 1.82) is 0 Å². The molecule has 2 aromatic heterocycles. The van der Waals surface area contributed by atoms with Crippen molar-refractivity contribution in [2.75, 3.05) is 11.9 Å². The lowest BCUT2D eigenvalue weighted by Gasteiger charge is -2.19. The third-order valence-corrected chi connectivity index (χ3v) is 9.05. The summed E-state index contributed by atoms with van der Waals surface area (Å²) < 4.78 is 91.7. The van der Waals surface area contributed by atoms with E-state index in [1.165, 1.54) is 23.0 Å². The fraction of sp³-hybridized carbons (Fsp3) is 0.333. The van der Waals surface area contributed by atoms with Crippen LogP contribution in [-0.2, 0) is 16.9 Å². The number of alkyl halides is 3. The predicted molar refractivity (Wildman–Crippen MR) is 161 cm³/mol. The zero-order chi connectivity index (χ0) is 31.0. The van der Waals surface area contributed by atoms with Crippen molar-refractivity contribution in [1.82, 2.24) is 9.55 Å². The molecule has 6 nitrogen and oxygen atoms in total. The zero-order valence-corrected chi connectivity index (χ0v) is 25.5. The number of anilines is 1. The topological polar surface area (TPSA) is 57.5 Å². The third kappa shape index (κ3) is 6.83. The average molecular weight is 636 g/mol. The van der Waals surface area contributed by atoms with Crippen LogP contribution >= 0.6 is 12.2 Å². The summed E-state index contributed by atoms with van der Waals surface area (Å²) in [4.78, 5) is 4.30. The van der Waals surface area contributed by atoms with Crippen LogP contribution in [0.5, 0.6) is 17.2 Å². The first-order valence-corrected chi connectivity index (χ1v) is 17.7. The Morgan fingerprint density at radius 3 is 2.35 bits per heavy atom. The molecule has 5 rings (SSSR count). The number of benzene rings is 2. The summed E-state index contributed by atoms with van der Waals surface area (Å²) in [5.74, 6) is -2.70. The first-order valence-electron chi connectivity index (χ1n) is 13.6. The number of hydrogen-bond acceptors (Lipinski definition) is 5. The van der Waals surface area contributed by atoms with Crippen molar-refractivity contribution in [2.24, 2.45) is 0 Å². The molecule has 0 bridgehead atoms. The minimum atomic E-state index is -4.54. The number of pyridine rings is 1. The molecule has 1 N–H and O–H groups in total. The second-order valence-corrected chi connectivity index (χ2v) is 17.6. The average Bonchev–Trinajstić information content (AvgIpc) is 3.65. The molecule has 2 heterocycles. The highest BCUT2D eigenvalue weighted by Crippen LogP contribution is 2.61. The predicted octanol–water partition coefficient (Wildman–Crippen LogP) is 8.79. The van der Waals surface area contributed by atoms with Crippen molar-refractivity contribution in [2.45, 2.75) is 56.8 Å². The molecule has 0 atom stereocenters. The van der Waals surface area contributed by atoms with Gasteiger partial charge in [-0.25, -0.2) is 13.8 Å². The maximum absolute atomic E-state index is 15.2. The van der Waals surface area contributed by atoms with Crippen molar-refractivity contribution in [3.8, 4) is 17.2 Å². The van der Waals surface area contributed by atoms with Gasteiger partial charge >= 0.3 is 6.18 Å². The van der Waals surface area contributed by atoms with E-state index in [0.717, 1.165) is 18.2 Å². The van der Waals surface area contributed by atoms with E-state index in [9.17, 15) is 13.2 Å². The summed E-state index contributed by atoms with van der Waals surface area (Å²) >= 11 is 5.12. The van der Waals surface area contributed by atoms with Gasteiger partial charge in [-0.1, -0.05) is 37.8 Å². The van der Waals surface area contributed by atoms with E-state index in [-0.39, 0.29) is 52.8 Å². The number of para-hydroxylation sites is 1. The van der Waals surface area contributed by atoms with Gasteiger partial charge in [0.25, 0.3) is 5.17 Å². The largest absolute Gasteiger partial charge is 0.450 e. The Labute approximate surface area is 251 Å². The number of rotatable bonds is 10. The van der Waals surface area contributed by atoms with Gasteiger partial charge in [0.2, 0.25) is 0 Å². The van der Waals surface area contributed by atoms with E-state index in [4.69, 9.17) is 26.4 Å². The van der Waals surface area contributed by atoms with Gasteiger partial charge in [-0.05, 0) is 54.9 Å². The molecule has 13 heteroatoms. The number of aromatic nitrogens is 2. The standard InChI is InChI=1S/C30H30F5N3O3SSi/c1-43(2,3)14-13-39-18-38-17-21(29(10-11-29)30(33,34)35)25-24(9-12-36-27(25)38)41-26-22(31)15-19(16-23(26)32)37-28(42)40-20-7-5-4-6-8-20/h4-9,12,15-17H,10-11,13-14,18H2,1-3H3,(H,37,42). The molecule has 43 heavy (non-hydrogen) atoms. The van der Waals surface area contributed by atoms with Crippen LogP contribution in [-0.4, -0.2) is 35.6 Å². The van der Waals surface area contributed by atoms with Gasteiger partial charge in [-0.15, -0.1) is 0 Å². The van der Waals surface area contributed by atoms with E-state index < -0.39 is 37.0 Å². The van der Waals surface area contributed by atoms with Crippen LogP contribution < -0.4 is 14.8 Å². The minimum Gasteiger partial charge on any atom is -0.450 e. The molecular formula is C30H30F5N3O3SSi. The Hall–Kier alpha value is -3.55. The van der Waals surface area contributed by atoms with Crippen LogP contribution in [0.15, 0.2) is 60.9 Å². The Bertz CT molecular complexity index is 1610. The van der Waals surface area contributed by atoms with Crippen LogP contribution in [0.1, 0.15) is 18.4 Å². The van der Waals surface area contributed by atoms with Gasteiger partial charge in [0.1, 0.15) is 23.9 Å². The normalized spacial score (nSPS) is 14.5. The lowest BCUT2D eigenvalue weighted by molar-refractivity contribution is -0.160. The SMILES string of the molecule is C[Si](C)(C)CCOCn1cc(C2(C(F)(F)F)CC2)c2c(Oc3c(F)cc(NC(=S)Oc4ccccc4)cc3F)ccnc21. The molecule has 2 aromatic carbocycles. The Balaban J connectivity index is 1.45. The van der Waals surface area contributed by atoms with Crippen molar-refractivity contribution in [3.05, 3.63) is 78.1 Å². The molecule has 0 unspecified atom stereocenters. The highest BCUT2D eigenvalue weighted by molar-refractivity contribution is 7.80. The van der Waals surface area contributed by atoms with E-state index in [1.807, 2.05) is 0 Å².